The van der Waals surface area contributed by atoms with Crippen LogP contribution in [0.15, 0.2) is 39.4 Å². The minimum Gasteiger partial charge on any atom is -0.379 e. The summed E-state index contributed by atoms with van der Waals surface area (Å²) in [7, 11) is 0. The van der Waals surface area contributed by atoms with Crippen LogP contribution in [0.4, 0.5) is 11.4 Å². The number of benzene rings is 1. The summed E-state index contributed by atoms with van der Waals surface area (Å²) in [6.07, 6.45) is 1.76. The van der Waals surface area contributed by atoms with Gasteiger partial charge in [-0.15, -0.1) is 0 Å². The Morgan fingerprint density at radius 2 is 2.05 bits per heavy atom. The Morgan fingerprint density at radius 1 is 1.29 bits per heavy atom. The molecule has 0 spiro atoms. The molecule has 0 unspecified atom stereocenters. The second kappa shape index (κ2) is 7.04. The van der Waals surface area contributed by atoms with Crippen LogP contribution >= 0.6 is 31.9 Å². The molecule has 4 nitrogen and oxygen atoms in total. The zero-order valence-corrected chi connectivity index (χ0v) is 14.9. The second-order valence-electron chi connectivity index (χ2n) is 4.65. The summed E-state index contributed by atoms with van der Waals surface area (Å²) < 4.78 is 1.87. The molecule has 21 heavy (non-hydrogen) atoms. The van der Waals surface area contributed by atoms with Crippen LogP contribution < -0.4 is 10.6 Å². The van der Waals surface area contributed by atoms with Crippen molar-refractivity contribution in [3.8, 4) is 0 Å². The van der Waals surface area contributed by atoms with Gasteiger partial charge in [-0.2, -0.15) is 0 Å². The van der Waals surface area contributed by atoms with Crippen molar-refractivity contribution in [3.05, 3.63) is 50.7 Å². The number of hydrogen-bond acceptors (Lipinski definition) is 3. The highest BCUT2D eigenvalue weighted by atomic mass is 79.9. The van der Waals surface area contributed by atoms with Crippen LogP contribution in [0.2, 0.25) is 0 Å². The fraction of sp³-hybridized carbons (Fsp3) is 0.200. The number of amides is 1. The Kier molecular flexibility index (Phi) is 5.36. The monoisotopic (exact) mass is 411 g/mol. The number of pyridine rings is 1. The van der Waals surface area contributed by atoms with Gasteiger partial charge < -0.3 is 10.6 Å². The SMILES string of the molecule is CC(=O)Nc1cc(NCc2ncc(Br)cc2Br)ccc1C. The van der Waals surface area contributed by atoms with E-state index in [1.807, 2.05) is 31.2 Å². The van der Waals surface area contributed by atoms with E-state index in [-0.39, 0.29) is 5.91 Å². The van der Waals surface area contributed by atoms with E-state index in [0.717, 1.165) is 31.6 Å². The zero-order chi connectivity index (χ0) is 15.4. The molecule has 0 saturated carbocycles. The molecule has 0 atom stereocenters. The molecule has 0 aliphatic heterocycles. The summed E-state index contributed by atoms with van der Waals surface area (Å²) in [5.41, 5.74) is 3.69. The van der Waals surface area contributed by atoms with E-state index in [1.165, 1.54) is 6.92 Å². The van der Waals surface area contributed by atoms with Crippen molar-refractivity contribution in [2.75, 3.05) is 10.6 Å². The number of aryl methyl sites for hydroxylation is 1. The predicted octanol–water partition coefficient (Wildman–Crippen LogP) is 4.49. The van der Waals surface area contributed by atoms with Crippen molar-refractivity contribution in [1.29, 1.82) is 0 Å². The molecule has 0 saturated heterocycles. The minimum atomic E-state index is -0.0763. The highest BCUT2D eigenvalue weighted by molar-refractivity contribution is 9.11. The lowest BCUT2D eigenvalue weighted by Gasteiger charge is -2.11. The summed E-state index contributed by atoms with van der Waals surface area (Å²) in [5.74, 6) is -0.0763. The van der Waals surface area contributed by atoms with E-state index >= 15 is 0 Å². The zero-order valence-electron chi connectivity index (χ0n) is 11.7. The summed E-state index contributed by atoms with van der Waals surface area (Å²) in [6.45, 7) is 4.06. The number of aromatic nitrogens is 1. The molecule has 6 heteroatoms. The van der Waals surface area contributed by atoms with Gasteiger partial charge in [-0.05, 0) is 62.5 Å². The number of halogens is 2. The number of nitrogens with zero attached hydrogens (tertiary/aromatic N) is 1. The lowest BCUT2D eigenvalue weighted by atomic mass is 10.1. The molecule has 2 N–H and O–H groups in total. The van der Waals surface area contributed by atoms with Crippen molar-refractivity contribution in [2.45, 2.75) is 20.4 Å². The maximum Gasteiger partial charge on any atom is 0.221 e. The normalized spacial score (nSPS) is 10.3. The van der Waals surface area contributed by atoms with Crippen LogP contribution in [-0.4, -0.2) is 10.9 Å². The summed E-state index contributed by atoms with van der Waals surface area (Å²) in [5, 5.41) is 6.12. The van der Waals surface area contributed by atoms with E-state index < -0.39 is 0 Å². The Morgan fingerprint density at radius 3 is 2.71 bits per heavy atom. The lowest BCUT2D eigenvalue weighted by molar-refractivity contribution is -0.114. The second-order valence-corrected chi connectivity index (χ2v) is 6.42. The van der Waals surface area contributed by atoms with E-state index in [2.05, 4.69) is 47.5 Å². The van der Waals surface area contributed by atoms with Crippen LogP contribution in [-0.2, 0) is 11.3 Å². The van der Waals surface area contributed by atoms with Crippen LogP contribution in [0.25, 0.3) is 0 Å². The van der Waals surface area contributed by atoms with E-state index in [0.29, 0.717) is 6.54 Å². The average Bonchev–Trinajstić information content (AvgIpc) is 2.40. The molecule has 1 aromatic heterocycles. The third kappa shape index (κ3) is 4.54. The van der Waals surface area contributed by atoms with Crippen molar-refractivity contribution in [1.82, 2.24) is 4.98 Å². The van der Waals surface area contributed by atoms with Gasteiger partial charge in [0.05, 0.1) is 12.2 Å². The predicted molar refractivity (Wildman–Crippen MR) is 92.4 cm³/mol. The number of nitrogens with one attached hydrogen (secondary N) is 2. The molecule has 2 rings (SSSR count). The fourth-order valence-corrected chi connectivity index (χ4v) is 2.94. The summed E-state index contributed by atoms with van der Waals surface area (Å²) in [4.78, 5) is 15.5. The van der Waals surface area contributed by atoms with Gasteiger partial charge in [-0.25, -0.2) is 0 Å². The lowest BCUT2D eigenvalue weighted by Crippen LogP contribution is -2.08. The molecule has 0 fully saturated rings. The fourth-order valence-electron chi connectivity index (χ4n) is 1.82. The van der Waals surface area contributed by atoms with Gasteiger partial charge in [-0.1, -0.05) is 6.07 Å². The first-order valence-corrected chi connectivity index (χ1v) is 7.96. The molecule has 2 aromatic rings. The first-order valence-electron chi connectivity index (χ1n) is 6.38. The average molecular weight is 413 g/mol. The molecule has 0 bridgehead atoms. The van der Waals surface area contributed by atoms with Crippen LogP contribution in [0.5, 0.6) is 0 Å². The number of carbonyl (C=O) groups excluding carboxylic acids is 1. The maximum absolute atomic E-state index is 11.2. The largest absolute Gasteiger partial charge is 0.379 e. The topological polar surface area (TPSA) is 54.0 Å². The molecule has 110 valence electrons. The molecular weight excluding hydrogens is 398 g/mol. The van der Waals surface area contributed by atoms with Crippen LogP contribution in [0.1, 0.15) is 18.2 Å². The highest BCUT2D eigenvalue weighted by Gasteiger charge is 2.05. The van der Waals surface area contributed by atoms with Gasteiger partial charge >= 0.3 is 0 Å². The smallest absolute Gasteiger partial charge is 0.221 e. The Hall–Kier alpha value is -1.40. The Labute approximate surface area is 140 Å². The summed E-state index contributed by atoms with van der Waals surface area (Å²) >= 11 is 6.87. The minimum absolute atomic E-state index is 0.0763. The van der Waals surface area contributed by atoms with Gasteiger partial charge in [0.2, 0.25) is 5.91 Å². The molecular formula is C15H15Br2N3O. The van der Waals surface area contributed by atoms with Gasteiger partial charge in [0, 0.05) is 33.4 Å². The van der Waals surface area contributed by atoms with Gasteiger partial charge in [0.1, 0.15) is 0 Å². The van der Waals surface area contributed by atoms with E-state index in [4.69, 9.17) is 0 Å². The molecule has 1 amide bonds. The van der Waals surface area contributed by atoms with E-state index in [9.17, 15) is 4.79 Å². The van der Waals surface area contributed by atoms with E-state index in [1.54, 1.807) is 6.20 Å². The molecule has 0 radical (unpaired) electrons. The third-order valence-corrected chi connectivity index (χ3v) is 4.01. The summed E-state index contributed by atoms with van der Waals surface area (Å²) in [6, 6.07) is 7.83. The number of carbonyl (C=O) groups is 1. The third-order valence-electron chi connectivity index (χ3n) is 2.89. The Bertz CT molecular complexity index is 674. The van der Waals surface area contributed by atoms with Crippen molar-refractivity contribution in [2.24, 2.45) is 0 Å². The number of rotatable bonds is 4. The first-order chi connectivity index (χ1) is 9.95. The van der Waals surface area contributed by atoms with Crippen LogP contribution in [0.3, 0.4) is 0 Å². The molecule has 1 aromatic carbocycles. The first kappa shape index (κ1) is 16.0. The van der Waals surface area contributed by atoms with Crippen molar-refractivity contribution >= 4 is 49.1 Å². The highest BCUT2D eigenvalue weighted by Crippen LogP contribution is 2.23. The standard InChI is InChI=1S/C15H15Br2N3O/c1-9-3-4-12(6-14(9)20-10(2)21)18-8-15-13(17)5-11(16)7-19-15/h3-7,18H,8H2,1-2H3,(H,20,21). The molecule has 0 aliphatic carbocycles. The van der Waals surface area contributed by atoms with Crippen molar-refractivity contribution < 1.29 is 4.79 Å². The van der Waals surface area contributed by atoms with Crippen LogP contribution in [0, 0.1) is 6.92 Å². The van der Waals surface area contributed by atoms with Crippen molar-refractivity contribution in [3.63, 3.8) is 0 Å². The van der Waals surface area contributed by atoms with Gasteiger partial charge in [-0.3, -0.25) is 9.78 Å². The number of hydrogen-bond donors (Lipinski definition) is 2. The molecule has 1 heterocycles. The quantitative estimate of drug-likeness (QED) is 0.777. The molecule has 0 aliphatic rings. The number of anilines is 2. The Balaban J connectivity index is 2.11. The maximum atomic E-state index is 11.2. The van der Waals surface area contributed by atoms with Gasteiger partial charge in [0.25, 0.3) is 0 Å². The van der Waals surface area contributed by atoms with Gasteiger partial charge in [0.15, 0.2) is 0 Å².